The van der Waals surface area contributed by atoms with Gasteiger partial charge in [-0.05, 0) is 36.9 Å². The highest BCUT2D eigenvalue weighted by Gasteiger charge is 2.13. The zero-order chi connectivity index (χ0) is 14.7. The van der Waals surface area contributed by atoms with Crippen LogP contribution in [0.5, 0.6) is 0 Å². The average molecular weight is 299 g/mol. The van der Waals surface area contributed by atoms with E-state index in [4.69, 9.17) is 4.98 Å². The zero-order valence-electron chi connectivity index (χ0n) is 12.5. The summed E-state index contributed by atoms with van der Waals surface area (Å²) >= 11 is 1.82. The first kappa shape index (κ1) is 14.3. The molecule has 3 nitrogen and oxygen atoms in total. The lowest BCUT2D eigenvalue weighted by molar-refractivity contribution is 0.505. The molecule has 2 heterocycles. The van der Waals surface area contributed by atoms with Gasteiger partial charge in [0.1, 0.15) is 5.82 Å². The Bertz CT molecular complexity index is 700. The number of imidazole rings is 1. The third kappa shape index (κ3) is 2.87. The fraction of sp³-hybridized carbons (Fsp3) is 0.353. The number of nitrogens with zero attached hydrogens (tertiary/aromatic N) is 2. The SMILES string of the molecule is CCC(NCc1nc2ccccc2n1CC)c1cccs1. The standard InChI is InChI=1S/C17H21N3S/c1-3-13(16-10-7-11-21-16)18-12-17-19-14-8-5-6-9-15(14)20(17)4-2/h5-11,13,18H,3-4,12H2,1-2H3. The van der Waals surface area contributed by atoms with Gasteiger partial charge in [-0.15, -0.1) is 11.3 Å². The number of aromatic nitrogens is 2. The van der Waals surface area contributed by atoms with Gasteiger partial charge in [0.2, 0.25) is 0 Å². The molecule has 0 aliphatic rings. The number of fused-ring (bicyclic) bond motifs is 1. The molecule has 1 atom stereocenters. The van der Waals surface area contributed by atoms with Gasteiger partial charge in [0, 0.05) is 17.5 Å². The molecular formula is C17H21N3S. The molecule has 0 saturated carbocycles. The molecule has 1 N–H and O–H groups in total. The third-order valence-electron chi connectivity index (χ3n) is 3.85. The molecule has 0 aliphatic carbocycles. The van der Waals surface area contributed by atoms with Gasteiger partial charge in [-0.2, -0.15) is 0 Å². The predicted octanol–water partition coefficient (Wildman–Crippen LogP) is 4.36. The maximum absolute atomic E-state index is 4.77. The van der Waals surface area contributed by atoms with Gasteiger partial charge in [0.25, 0.3) is 0 Å². The van der Waals surface area contributed by atoms with Crippen LogP contribution in [0, 0.1) is 0 Å². The molecule has 0 saturated heterocycles. The number of thiophene rings is 1. The molecular weight excluding hydrogens is 278 g/mol. The number of para-hydroxylation sites is 2. The lowest BCUT2D eigenvalue weighted by Gasteiger charge is -2.15. The van der Waals surface area contributed by atoms with Crippen LogP contribution < -0.4 is 5.32 Å². The van der Waals surface area contributed by atoms with Crippen molar-refractivity contribution >= 4 is 22.4 Å². The lowest BCUT2D eigenvalue weighted by atomic mass is 10.2. The fourth-order valence-corrected chi connectivity index (χ4v) is 3.65. The first-order valence-electron chi connectivity index (χ1n) is 7.54. The number of hydrogen-bond donors (Lipinski definition) is 1. The van der Waals surface area contributed by atoms with E-state index < -0.39 is 0 Å². The van der Waals surface area contributed by atoms with Crippen molar-refractivity contribution in [3.63, 3.8) is 0 Å². The topological polar surface area (TPSA) is 29.9 Å². The summed E-state index contributed by atoms with van der Waals surface area (Å²) in [6, 6.07) is 13.1. The van der Waals surface area contributed by atoms with Crippen LogP contribution in [-0.2, 0) is 13.1 Å². The van der Waals surface area contributed by atoms with Crippen molar-refractivity contribution in [2.75, 3.05) is 0 Å². The maximum Gasteiger partial charge on any atom is 0.123 e. The van der Waals surface area contributed by atoms with Gasteiger partial charge in [0.05, 0.1) is 17.6 Å². The minimum atomic E-state index is 0.412. The number of hydrogen-bond acceptors (Lipinski definition) is 3. The van der Waals surface area contributed by atoms with E-state index in [1.54, 1.807) is 0 Å². The highest BCUT2D eigenvalue weighted by Crippen LogP contribution is 2.23. The molecule has 0 radical (unpaired) electrons. The van der Waals surface area contributed by atoms with E-state index in [2.05, 4.69) is 59.4 Å². The van der Waals surface area contributed by atoms with Crippen molar-refractivity contribution in [1.82, 2.24) is 14.9 Å². The summed E-state index contributed by atoms with van der Waals surface area (Å²) in [5, 5.41) is 5.79. The van der Waals surface area contributed by atoms with Crippen molar-refractivity contribution in [3.05, 3.63) is 52.5 Å². The van der Waals surface area contributed by atoms with Crippen molar-refractivity contribution < 1.29 is 0 Å². The molecule has 21 heavy (non-hydrogen) atoms. The molecule has 0 aliphatic heterocycles. The van der Waals surface area contributed by atoms with Gasteiger partial charge >= 0.3 is 0 Å². The quantitative estimate of drug-likeness (QED) is 0.733. The van der Waals surface area contributed by atoms with Crippen LogP contribution in [0.1, 0.15) is 37.0 Å². The number of benzene rings is 1. The van der Waals surface area contributed by atoms with E-state index in [0.717, 1.165) is 30.9 Å². The molecule has 0 bridgehead atoms. The highest BCUT2D eigenvalue weighted by atomic mass is 32.1. The molecule has 0 fully saturated rings. The summed E-state index contributed by atoms with van der Waals surface area (Å²) in [7, 11) is 0. The Labute approximate surface area is 129 Å². The van der Waals surface area contributed by atoms with Crippen LogP contribution >= 0.6 is 11.3 Å². The molecule has 3 rings (SSSR count). The van der Waals surface area contributed by atoms with E-state index in [-0.39, 0.29) is 0 Å². The Balaban J connectivity index is 1.81. The summed E-state index contributed by atoms with van der Waals surface area (Å²) in [5.74, 6) is 1.12. The Kier molecular flexibility index (Phi) is 4.36. The minimum absolute atomic E-state index is 0.412. The van der Waals surface area contributed by atoms with E-state index >= 15 is 0 Å². The maximum atomic E-state index is 4.77. The van der Waals surface area contributed by atoms with Gasteiger partial charge in [0.15, 0.2) is 0 Å². The molecule has 0 spiro atoms. The van der Waals surface area contributed by atoms with E-state index in [9.17, 15) is 0 Å². The molecule has 110 valence electrons. The Morgan fingerprint density at radius 2 is 2.05 bits per heavy atom. The summed E-state index contributed by atoms with van der Waals surface area (Å²) in [6.45, 7) is 6.15. The molecule has 1 aromatic carbocycles. The summed E-state index contributed by atoms with van der Waals surface area (Å²) in [4.78, 5) is 6.17. The van der Waals surface area contributed by atoms with Gasteiger partial charge in [-0.25, -0.2) is 4.98 Å². The van der Waals surface area contributed by atoms with Crippen molar-refractivity contribution in [3.8, 4) is 0 Å². The van der Waals surface area contributed by atoms with Gasteiger partial charge in [-0.3, -0.25) is 0 Å². The second kappa shape index (κ2) is 6.41. The first-order chi connectivity index (χ1) is 10.3. The number of aryl methyl sites for hydroxylation is 1. The van der Waals surface area contributed by atoms with Gasteiger partial charge < -0.3 is 9.88 Å². The monoisotopic (exact) mass is 299 g/mol. The van der Waals surface area contributed by atoms with Gasteiger partial charge in [-0.1, -0.05) is 25.1 Å². The number of nitrogens with one attached hydrogen (secondary N) is 1. The fourth-order valence-electron chi connectivity index (χ4n) is 2.76. The second-order valence-electron chi connectivity index (χ2n) is 5.12. The summed E-state index contributed by atoms with van der Waals surface area (Å²) in [5.41, 5.74) is 2.31. The van der Waals surface area contributed by atoms with E-state index in [1.807, 2.05) is 17.4 Å². The van der Waals surface area contributed by atoms with Crippen LogP contribution in [-0.4, -0.2) is 9.55 Å². The molecule has 1 unspecified atom stereocenters. The summed E-state index contributed by atoms with van der Waals surface area (Å²) in [6.07, 6.45) is 1.09. The molecule has 4 heteroatoms. The van der Waals surface area contributed by atoms with Crippen LogP contribution in [0.3, 0.4) is 0 Å². The predicted molar refractivity (Wildman–Crippen MR) is 89.6 cm³/mol. The first-order valence-corrected chi connectivity index (χ1v) is 8.42. The smallest absolute Gasteiger partial charge is 0.123 e. The van der Waals surface area contributed by atoms with Crippen molar-refractivity contribution in [2.45, 2.75) is 39.4 Å². The van der Waals surface area contributed by atoms with Crippen molar-refractivity contribution in [2.24, 2.45) is 0 Å². The largest absolute Gasteiger partial charge is 0.327 e. The summed E-state index contributed by atoms with van der Waals surface area (Å²) < 4.78 is 2.30. The second-order valence-corrected chi connectivity index (χ2v) is 6.10. The lowest BCUT2D eigenvalue weighted by Crippen LogP contribution is -2.21. The van der Waals surface area contributed by atoms with Crippen molar-refractivity contribution in [1.29, 1.82) is 0 Å². The van der Waals surface area contributed by atoms with E-state index in [1.165, 1.54) is 10.4 Å². The molecule has 0 amide bonds. The normalized spacial score (nSPS) is 12.9. The van der Waals surface area contributed by atoms with Crippen LogP contribution in [0.2, 0.25) is 0 Å². The Morgan fingerprint density at radius 1 is 1.19 bits per heavy atom. The average Bonchev–Trinajstić information content (AvgIpc) is 3.15. The Morgan fingerprint density at radius 3 is 2.76 bits per heavy atom. The molecule has 2 aromatic heterocycles. The van der Waals surface area contributed by atoms with Crippen LogP contribution in [0.4, 0.5) is 0 Å². The zero-order valence-corrected chi connectivity index (χ0v) is 13.4. The van der Waals surface area contributed by atoms with E-state index in [0.29, 0.717) is 6.04 Å². The van der Waals surface area contributed by atoms with Crippen LogP contribution in [0.25, 0.3) is 11.0 Å². The molecule has 3 aromatic rings. The minimum Gasteiger partial charge on any atom is -0.327 e. The highest BCUT2D eigenvalue weighted by molar-refractivity contribution is 7.10. The van der Waals surface area contributed by atoms with Crippen LogP contribution in [0.15, 0.2) is 41.8 Å². The Hall–Kier alpha value is -1.65. The third-order valence-corrected chi connectivity index (χ3v) is 4.84. The number of rotatable bonds is 6.